The molecule has 0 bridgehead atoms. The van der Waals surface area contributed by atoms with Crippen LogP contribution >= 0.6 is 0 Å². The molecule has 1 N–H and O–H groups in total. The third kappa shape index (κ3) is 2.38. The van der Waals surface area contributed by atoms with E-state index in [1.807, 2.05) is 0 Å². The van der Waals surface area contributed by atoms with Crippen LogP contribution in [0.4, 0.5) is 5.69 Å². The minimum Gasteiger partial charge on any atom is -0.489 e. The van der Waals surface area contributed by atoms with Crippen LogP contribution in [0.3, 0.4) is 0 Å². The molecule has 0 saturated carbocycles. The van der Waals surface area contributed by atoms with E-state index in [9.17, 15) is 0 Å². The second-order valence-corrected chi connectivity index (χ2v) is 5.77. The Labute approximate surface area is 120 Å². The predicted molar refractivity (Wildman–Crippen MR) is 83.6 cm³/mol. The van der Waals surface area contributed by atoms with Crippen molar-refractivity contribution in [3.8, 4) is 5.75 Å². The zero-order valence-corrected chi connectivity index (χ0v) is 12.3. The van der Waals surface area contributed by atoms with Crippen molar-refractivity contribution in [1.29, 1.82) is 0 Å². The van der Waals surface area contributed by atoms with Crippen molar-refractivity contribution in [3.63, 3.8) is 0 Å². The van der Waals surface area contributed by atoms with E-state index in [-0.39, 0.29) is 6.04 Å². The van der Waals surface area contributed by atoms with E-state index in [0.717, 1.165) is 11.4 Å². The lowest BCUT2D eigenvalue weighted by molar-refractivity contribution is 0.286. The molecule has 0 aromatic heterocycles. The third-order valence-corrected chi connectivity index (χ3v) is 3.97. The number of fused-ring (bicyclic) bond motifs is 1. The van der Waals surface area contributed by atoms with Gasteiger partial charge in [-0.1, -0.05) is 44.2 Å². The van der Waals surface area contributed by atoms with Crippen LogP contribution in [0.1, 0.15) is 42.5 Å². The number of anilines is 1. The molecule has 1 heterocycles. The molecular weight excluding hydrogens is 246 g/mol. The highest BCUT2D eigenvalue weighted by molar-refractivity contribution is 5.61. The molecule has 3 rings (SSSR count). The Kier molecular flexibility index (Phi) is 3.39. The van der Waals surface area contributed by atoms with Gasteiger partial charge in [-0.2, -0.15) is 0 Å². The predicted octanol–water partition coefficient (Wildman–Crippen LogP) is 4.66. The molecule has 2 aromatic carbocycles. The minimum atomic E-state index is 0.228. The van der Waals surface area contributed by atoms with Crippen molar-refractivity contribution in [2.45, 2.75) is 32.7 Å². The maximum absolute atomic E-state index is 5.92. The Balaban J connectivity index is 1.91. The molecular formula is C18H21NO. The van der Waals surface area contributed by atoms with Crippen molar-refractivity contribution >= 4 is 5.69 Å². The summed E-state index contributed by atoms with van der Waals surface area (Å²) in [6.07, 6.45) is 0. The van der Waals surface area contributed by atoms with Crippen LogP contribution < -0.4 is 10.1 Å². The van der Waals surface area contributed by atoms with Gasteiger partial charge >= 0.3 is 0 Å². The van der Waals surface area contributed by atoms with E-state index in [1.54, 1.807) is 0 Å². The topological polar surface area (TPSA) is 21.3 Å². The van der Waals surface area contributed by atoms with E-state index < -0.39 is 0 Å². The highest BCUT2D eigenvalue weighted by Gasteiger charge is 2.21. The van der Waals surface area contributed by atoms with Crippen LogP contribution in [0.2, 0.25) is 0 Å². The van der Waals surface area contributed by atoms with Gasteiger partial charge in [-0.25, -0.2) is 0 Å². The van der Waals surface area contributed by atoms with Crippen molar-refractivity contribution in [1.82, 2.24) is 0 Å². The third-order valence-electron chi connectivity index (χ3n) is 3.97. The van der Waals surface area contributed by atoms with Gasteiger partial charge in [0.25, 0.3) is 0 Å². The smallest absolute Gasteiger partial charge is 0.142 e. The van der Waals surface area contributed by atoms with Crippen LogP contribution in [0.25, 0.3) is 0 Å². The second kappa shape index (κ2) is 5.20. The molecule has 1 aliphatic rings. The van der Waals surface area contributed by atoms with Gasteiger partial charge in [-0.05, 0) is 41.7 Å². The zero-order valence-electron chi connectivity index (χ0n) is 12.3. The van der Waals surface area contributed by atoms with Gasteiger partial charge in [0.2, 0.25) is 0 Å². The van der Waals surface area contributed by atoms with Crippen LogP contribution in [-0.2, 0) is 0 Å². The summed E-state index contributed by atoms with van der Waals surface area (Å²) in [5.74, 6) is 1.49. The quantitative estimate of drug-likeness (QED) is 0.854. The number of nitrogens with one attached hydrogen (secondary N) is 1. The molecule has 2 heteroatoms. The molecule has 0 amide bonds. The lowest BCUT2D eigenvalue weighted by Crippen LogP contribution is -2.24. The minimum absolute atomic E-state index is 0.228. The monoisotopic (exact) mass is 267 g/mol. The summed E-state index contributed by atoms with van der Waals surface area (Å²) in [5, 5.41) is 3.62. The van der Waals surface area contributed by atoms with Gasteiger partial charge in [0.05, 0.1) is 11.7 Å². The number of ether oxygens (including phenoxy) is 1. The van der Waals surface area contributed by atoms with Gasteiger partial charge in [-0.3, -0.25) is 0 Å². The molecule has 0 saturated heterocycles. The SMILES string of the molecule is Cc1ccccc1C1COc2ccc(C(C)C)cc2N1. The summed E-state index contributed by atoms with van der Waals surface area (Å²) >= 11 is 0. The molecule has 2 nitrogen and oxygen atoms in total. The molecule has 0 fully saturated rings. The zero-order chi connectivity index (χ0) is 14.1. The van der Waals surface area contributed by atoms with Crippen LogP contribution in [0, 0.1) is 6.92 Å². The average Bonchev–Trinajstić information content (AvgIpc) is 2.46. The molecule has 1 unspecified atom stereocenters. The first-order valence-corrected chi connectivity index (χ1v) is 7.24. The molecule has 20 heavy (non-hydrogen) atoms. The van der Waals surface area contributed by atoms with Gasteiger partial charge < -0.3 is 10.1 Å². The lowest BCUT2D eigenvalue weighted by Gasteiger charge is -2.29. The first kappa shape index (κ1) is 13.0. The van der Waals surface area contributed by atoms with Crippen molar-refractivity contribution in [2.75, 3.05) is 11.9 Å². The first-order chi connectivity index (χ1) is 9.65. The first-order valence-electron chi connectivity index (χ1n) is 7.24. The normalized spacial score (nSPS) is 17.3. The highest BCUT2D eigenvalue weighted by atomic mass is 16.5. The van der Waals surface area contributed by atoms with Crippen LogP contribution in [0.15, 0.2) is 42.5 Å². The fraction of sp³-hybridized carbons (Fsp3) is 0.333. The molecule has 0 aliphatic carbocycles. The number of benzene rings is 2. The molecule has 104 valence electrons. The highest BCUT2D eigenvalue weighted by Crippen LogP contribution is 2.36. The average molecular weight is 267 g/mol. The maximum atomic E-state index is 5.92. The molecule has 1 atom stereocenters. The molecule has 2 aromatic rings. The number of aryl methyl sites for hydroxylation is 1. The Hall–Kier alpha value is -1.96. The Morgan fingerprint density at radius 1 is 1.15 bits per heavy atom. The van der Waals surface area contributed by atoms with Gasteiger partial charge in [-0.15, -0.1) is 0 Å². The maximum Gasteiger partial charge on any atom is 0.142 e. The largest absolute Gasteiger partial charge is 0.489 e. The second-order valence-electron chi connectivity index (χ2n) is 5.77. The summed E-state index contributed by atoms with van der Waals surface area (Å²) < 4.78 is 5.92. The van der Waals surface area contributed by atoms with Gasteiger partial charge in [0.15, 0.2) is 0 Å². The van der Waals surface area contributed by atoms with Gasteiger partial charge in [0.1, 0.15) is 12.4 Å². The van der Waals surface area contributed by atoms with E-state index in [1.165, 1.54) is 16.7 Å². The lowest BCUT2D eigenvalue weighted by atomic mass is 9.98. The summed E-state index contributed by atoms with van der Waals surface area (Å²) in [6, 6.07) is 15.2. The number of rotatable bonds is 2. The molecule has 1 aliphatic heterocycles. The van der Waals surface area contributed by atoms with Crippen LogP contribution in [-0.4, -0.2) is 6.61 Å². The Bertz CT molecular complexity index is 619. The van der Waals surface area contributed by atoms with Crippen molar-refractivity contribution in [3.05, 3.63) is 59.2 Å². The number of hydrogen-bond acceptors (Lipinski definition) is 2. The van der Waals surface area contributed by atoms with E-state index in [0.29, 0.717) is 12.5 Å². The van der Waals surface area contributed by atoms with E-state index >= 15 is 0 Å². The summed E-state index contributed by atoms with van der Waals surface area (Å²) in [7, 11) is 0. The Morgan fingerprint density at radius 2 is 1.95 bits per heavy atom. The van der Waals surface area contributed by atoms with E-state index in [4.69, 9.17) is 4.74 Å². The summed E-state index contributed by atoms with van der Waals surface area (Å²) in [4.78, 5) is 0. The molecule has 0 radical (unpaired) electrons. The fourth-order valence-electron chi connectivity index (χ4n) is 2.69. The summed E-state index contributed by atoms with van der Waals surface area (Å²) in [6.45, 7) is 7.25. The molecule has 0 spiro atoms. The van der Waals surface area contributed by atoms with Crippen molar-refractivity contribution in [2.24, 2.45) is 0 Å². The van der Waals surface area contributed by atoms with Crippen molar-refractivity contribution < 1.29 is 4.74 Å². The Morgan fingerprint density at radius 3 is 2.70 bits per heavy atom. The summed E-state index contributed by atoms with van der Waals surface area (Å²) in [5.41, 5.74) is 5.06. The standard InChI is InChI=1S/C18H21NO/c1-12(2)14-8-9-18-16(10-14)19-17(11-20-18)15-7-5-4-6-13(15)3/h4-10,12,17,19H,11H2,1-3H3. The van der Waals surface area contributed by atoms with Gasteiger partial charge in [0, 0.05) is 0 Å². The number of hydrogen-bond donors (Lipinski definition) is 1. The van der Waals surface area contributed by atoms with E-state index in [2.05, 4.69) is 68.6 Å². The van der Waals surface area contributed by atoms with Crippen LogP contribution in [0.5, 0.6) is 5.75 Å². The fourth-order valence-corrected chi connectivity index (χ4v) is 2.69.